The van der Waals surface area contributed by atoms with Crippen LogP contribution in [0, 0.1) is 16.0 Å². The Kier molecular flexibility index (Phi) is 5.87. The molecule has 0 bridgehead atoms. The molecule has 1 N–H and O–H groups in total. The molecule has 0 saturated carbocycles. The molecule has 0 unspecified atom stereocenters. The third-order valence-electron chi connectivity index (χ3n) is 5.05. The number of amidine groups is 1. The average molecular weight is 378 g/mol. The molecule has 26 heavy (non-hydrogen) atoms. The van der Waals surface area contributed by atoms with Gasteiger partial charge in [0.2, 0.25) is 0 Å². The Morgan fingerprint density at radius 2 is 2.00 bits per heavy atom. The average Bonchev–Trinajstić information content (AvgIpc) is 2.97. The first-order chi connectivity index (χ1) is 12.4. The first-order valence-electron chi connectivity index (χ1n) is 9.33. The third kappa shape index (κ3) is 3.88. The molecule has 0 radical (unpaired) electrons. The molecule has 3 rings (SSSR count). The molecule has 1 aliphatic heterocycles. The quantitative estimate of drug-likeness (QED) is 0.621. The largest absolute Gasteiger partial charge is 0.391 e. The summed E-state index contributed by atoms with van der Waals surface area (Å²) < 4.78 is 0. The fraction of sp³-hybridized carbons (Fsp3) is 0.632. The smallest absolute Gasteiger partial charge is 0.273 e. The predicted octanol–water partition coefficient (Wildman–Crippen LogP) is 3.92. The normalized spacial score (nSPS) is 22.7. The Morgan fingerprint density at radius 3 is 2.62 bits per heavy atom. The highest BCUT2D eigenvalue weighted by Gasteiger charge is 2.34. The van der Waals surface area contributed by atoms with Crippen molar-refractivity contribution < 1.29 is 10.0 Å². The number of fused-ring (bicyclic) bond motifs is 1. The Hall–Kier alpha value is -1.60. The minimum Gasteiger partial charge on any atom is -0.391 e. The highest BCUT2D eigenvalue weighted by atomic mass is 32.2. The van der Waals surface area contributed by atoms with E-state index in [9.17, 15) is 15.2 Å². The molecule has 2 atom stereocenters. The summed E-state index contributed by atoms with van der Waals surface area (Å²) in [7, 11) is 0. The van der Waals surface area contributed by atoms with Crippen molar-refractivity contribution in [2.24, 2.45) is 10.9 Å². The molecule has 1 saturated heterocycles. The molecule has 1 aliphatic carbocycles. The monoisotopic (exact) mass is 377 g/mol. The van der Waals surface area contributed by atoms with E-state index in [1.165, 1.54) is 0 Å². The van der Waals surface area contributed by atoms with Crippen LogP contribution in [-0.4, -0.2) is 44.5 Å². The van der Waals surface area contributed by atoms with Gasteiger partial charge in [-0.2, -0.15) is 0 Å². The van der Waals surface area contributed by atoms with Crippen LogP contribution < -0.4 is 0 Å². The van der Waals surface area contributed by atoms with Crippen LogP contribution in [0.4, 0.5) is 11.4 Å². The lowest BCUT2D eigenvalue weighted by molar-refractivity contribution is -0.385. The van der Waals surface area contributed by atoms with Crippen LogP contribution in [0.15, 0.2) is 17.1 Å². The molecule has 1 aromatic carbocycles. The number of rotatable bonds is 5. The van der Waals surface area contributed by atoms with E-state index in [0.717, 1.165) is 60.0 Å². The molecular formula is C19H27N3O3S. The number of benzene rings is 1. The zero-order valence-corrected chi connectivity index (χ0v) is 16.5. The molecule has 1 aromatic rings. The van der Waals surface area contributed by atoms with Crippen LogP contribution in [0.3, 0.4) is 0 Å². The first-order valence-corrected chi connectivity index (χ1v) is 10.3. The lowest BCUT2D eigenvalue weighted by Crippen LogP contribution is -2.43. The van der Waals surface area contributed by atoms with Crippen LogP contribution in [0.5, 0.6) is 0 Å². The lowest BCUT2D eigenvalue weighted by atomic mass is 9.89. The molecule has 0 spiro atoms. The number of aliphatic hydroxyl groups excluding tert-OH is 1. The molecule has 1 heterocycles. The molecule has 6 nitrogen and oxygen atoms in total. The summed E-state index contributed by atoms with van der Waals surface area (Å²) >= 11 is 1.67. The lowest BCUT2D eigenvalue weighted by Gasteiger charge is -2.29. The van der Waals surface area contributed by atoms with E-state index < -0.39 is 6.10 Å². The van der Waals surface area contributed by atoms with Gasteiger partial charge in [-0.1, -0.05) is 25.6 Å². The van der Waals surface area contributed by atoms with Crippen molar-refractivity contribution in [1.29, 1.82) is 0 Å². The summed E-state index contributed by atoms with van der Waals surface area (Å²) in [5.74, 6) is 1.28. The topological polar surface area (TPSA) is 79.0 Å². The van der Waals surface area contributed by atoms with Crippen molar-refractivity contribution in [3.8, 4) is 0 Å². The Bertz CT molecular complexity index is 718. The SMILES string of the molecule is CC(C)CN1C(=Nc2ccc([N+](=O)[O-])c3c2CCCC3)SC[C@H]1[C@@H](C)O. The summed E-state index contributed by atoms with van der Waals surface area (Å²) in [5.41, 5.74) is 2.97. The number of aliphatic imine (C=N–C) groups is 1. The highest BCUT2D eigenvalue weighted by Crippen LogP contribution is 2.38. The third-order valence-corrected chi connectivity index (χ3v) is 6.14. The van der Waals surface area contributed by atoms with E-state index >= 15 is 0 Å². The van der Waals surface area contributed by atoms with Crippen molar-refractivity contribution in [3.05, 3.63) is 33.4 Å². The second-order valence-corrected chi connectivity index (χ2v) is 8.57. The highest BCUT2D eigenvalue weighted by molar-refractivity contribution is 8.14. The van der Waals surface area contributed by atoms with Gasteiger partial charge in [0, 0.05) is 23.9 Å². The van der Waals surface area contributed by atoms with Gasteiger partial charge in [-0.25, -0.2) is 4.99 Å². The van der Waals surface area contributed by atoms with Crippen molar-refractivity contribution in [2.45, 2.75) is 58.6 Å². The van der Waals surface area contributed by atoms with E-state index in [2.05, 4.69) is 18.7 Å². The molecule has 142 valence electrons. The van der Waals surface area contributed by atoms with Gasteiger partial charge in [-0.3, -0.25) is 10.1 Å². The number of thioether (sulfide) groups is 1. The fourth-order valence-electron chi connectivity index (χ4n) is 3.79. The minimum atomic E-state index is -0.417. The zero-order valence-electron chi connectivity index (χ0n) is 15.6. The maximum Gasteiger partial charge on any atom is 0.273 e. The Labute approximate surface area is 158 Å². The van der Waals surface area contributed by atoms with E-state index in [1.807, 2.05) is 6.92 Å². The van der Waals surface area contributed by atoms with Gasteiger partial charge in [0.1, 0.15) is 0 Å². The molecular weight excluding hydrogens is 350 g/mol. The standard InChI is InChI=1S/C19H27N3O3S/c1-12(2)10-21-18(13(3)23)11-26-19(21)20-16-8-9-17(22(24)25)15-7-5-4-6-14(15)16/h8-9,12-13,18,23H,4-7,10-11H2,1-3H3/t13-,18+/m1/s1. The van der Waals surface area contributed by atoms with E-state index in [-0.39, 0.29) is 16.7 Å². The van der Waals surface area contributed by atoms with E-state index in [0.29, 0.717) is 5.92 Å². The molecule has 7 heteroatoms. The van der Waals surface area contributed by atoms with E-state index in [1.54, 1.807) is 23.9 Å². The van der Waals surface area contributed by atoms with Crippen molar-refractivity contribution in [1.82, 2.24) is 4.90 Å². The number of aliphatic hydroxyl groups is 1. The van der Waals surface area contributed by atoms with Crippen molar-refractivity contribution >= 4 is 28.3 Å². The molecule has 2 aliphatic rings. The number of hydrogen-bond donors (Lipinski definition) is 1. The summed E-state index contributed by atoms with van der Waals surface area (Å²) in [4.78, 5) is 18.2. The van der Waals surface area contributed by atoms with Crippen molar-refractivity contribution in [3.63, 3.8) is 0 Å². The van der Waals surface area contributed by atoms with Crippen LogP contribution in [-0.2, 0) is 12.8 Å². The second-order valence-electron chi connectivity index (χ2n) is 7.58. The fourth-order valence-corrected chi connectivity index (χ4v) is 5.10. The van der Waals surface area contributed by atoms with Crippen LogP contribution in [0.25, 0.3) is 0 Å². The number of nitro benzene ring substituents is 1. The second kappa shape index (κ2) is 7.96. The van der Waals surface area contributed by atoms with Gasteiger partial charge in [-0.05, 0) is 50.2 Å². The molecule has 1 fully saturated rings. The maximum atomic E-state index is 11.3. The van der Waals surface area contributed by atoms with Gasteiger partial charge >= 0.3 is 0 Å². The Morgan fingerprint density at radius 1 is 1.31 bits per heavy atom. The van der Waals surface area contributed by atoms with Crippen LogP contribution in [0.1, 0.15) is 44.7 Å². The maximum absolute atomic E-state index is 11.3. The van der Waals surface area contributed by atoms with Crippen LogP contribution >= 0.6 is 11.8 Å². The predicted molar refractivity (Wildman–Crippen MR) is 106 cm³/mol. The van der Waals surface area contributed by atoms with Crippen LogP contribution in [0.2, 0.25) is 0 Å². The summed E-state index contributed by atoms with van der Waals surface area (Å²) in [6.07, 6.45) is 3.22. The number of hydrogen-bond acceptors (Lipinski definition) is 5. The molecule has 0 aromatic heterocycles. The molecule has 0 amide bonds. The summed E-state index contributed by atoms with van der Waals surface area (Å²) in [6, 6.07) is 3.45. The first kappa shape index (κ1) is 19.2. The van der Waals surface area contributed by atoms with Gasteiger partial charge in [0.15, 0.2) is 5.17 Å². The number of nitrogens with zero attached hydrogens (tertiary/aromatic N) is 3. The number of nitro groups is 1. The van der Waals surface area contributed by atoms with E-state index in [4.69, 9.17) is 4.99 Å². The minimum absolute atomic E-state index is 0.0648. The summed E-state index contributed by atoms with van der Waals surface area (Å²) in [6.45, 7) is 6.99. The Balaban J connectivity index is 1.99. The van der Waals surface area contributed by atoms with Crippen molar-refractivity contribution in [2.75, 3.05) is 12.3 Å². The zero-order chi connectivity index (χ0) is 18.8. The summed E-state index contributed by atoms with van der Waals surface area (Å²) in [5, 5.41) is 22.4. The van der Waals surface area contributed by atoms with Gasteiger partial charge in [0.05, 0.1) is 22.8 Å². The van der Waals surface area contributed by atoms with Gasteiger partial charge in [-0.15, -0.1) is 0 Å². The van der Waals surface area contributed by atoms with Gasteiger partial charge < -0.3 is 10.0 Å². The van der Waals surface area contributed by atoms with Gasteiger partial charge in [0.25, 0.3) is 5.69 Å².